The van der Waals surface area contributed by atoms with Gasteiger partial charge in [0.1, 0.15) is 0 Å². The molecular weight excluding hydrogens is 202 g/mol. The Morgan fingerprint density at radius 2 is 2.00 bits per heavy atom. The quantitative estimate of drug-likeness (QED) is 0.729. The highest BCUT2D eigenvalue weighted by atomic mass is 16.3. The summed E-state index contributed by atoms with van der Waals surface area (Å²) in [4.78, 5) is 11.6. The molecular formula is C13H17NO2. The van der Waals surface area contributed by atoms with Gasteiger partial charge in [0.25, 0.3) is 0 Å². The van der Waals surface area contributed by atoms with Crippen molar-refractivity contribution in [3.05, 3.63) is 35.4 Å². The Balaban J connectivity index is 2.14. The third-order valence-corrected chi connectivity index (χ3v) is 3.31. The van der Waals surface area contributed by atoms with E-state index in [2.05, 4.69) is 5.32 Å². The van der Waals surface area contributed by atoms with Gasteiger partial charge >= 0.3 is 0 Å². The highest BCUT2D eigenvalue weighted by Crippen LogP contribution is 2.47. The van der Waals surface area contributed by atoms with Crippen LogP contribution in [0.2, 0.25) is 0 Å². The summed E-state index contributed by atoms with van der Waals surface area (Å²) >= 11 is 0. The van der Waals surface area contributed by atoms with Crippen molar-refractivity contribution < 1.29 is 9.90 Å². The maximum absolute atomic E-state index is 11.6. The number of hydrogen-bond acceptors (Lipinski definition) is 3. The van der Waals surface area contributed by atoms with Crippen LogP contribution in [0, 0.1) is 0 Å². The lowest BCUT2D eigenvalue weighted by Gasteiger charge is -2.12. The van der Waals surface area contributed by atoms with Crippen LogP contribution >= 0.6 is 0 Å². The van der Waals surface area contributed by atoms with Crippen LogP contribution in [0.1, 0.15) is 28.8 Å². The number of Topliss-reactive ketones (excluding diaryl/α,β-unsaturated/α-hetero) is 1. The van der Waals surface area contributed by atoms with E-state index in [9.17, 15) is 9.90 Å². The number of aliphatic hydroxyl groups excluding tert-OH is 1. The third kappa shape index (κ3) is 2.01. The van der Waals surface area contributed by atoms with E-state index in [1.807, 2.05) is 24.3 Å². The van der Waals surface area contributed by atoms with Crippen molar-refractivity contribution in [2.75, 3.05) is 20.2 Å². The fourth-order valence-corrected chi connectivity index (χ4v) is 1.96. The van der Waals surface area contributed by atoms with Gasteiger partial charge in [-0.2, -0.15) is 0 Å². The zero-order valence-electron chi connectivity index (χ0n) is 9.49. The van der Waals surface area contributed by atoms with Gasteiger partial charge in [-0.1, -0.05) is 24.3 Å². The Hall–Kier alpha value is -1.19. The molecule has 0 bridgehead atoms. The first-order chi connectivity index (χ1) is 7.72. The zero-order valence-corrected chi connectivity index (χ0v) is 9.49. The van der Waals surface area contributed by atoms with Crippen LogP contribution in [0.5, 0.6) is 0 Å². The van der Waals surface area contributed by atoms with Crippen molar-refractivity contribution in [2.45, 2.75) is 18.3 Å². The predicted octanol–water partition coefficient (Wildman–Crippen LogP) is 1.11. The molecule has 1 aromatic carbocycles. The lowest BCUT2D eigenvalue weighted by Crippen LogP contribution is -2.19. The van der Waals surface area contributed by atoms with Crippen LogP contribution in [0.25, 0.3) is 0 Å². The monoisotopic (exact) mass is 219 g/mol. The third-order valence-electron chi connectivity index (χ3n) is 3.31. The number of rotatable bonds is 5. The second kappa shape index (κ2) is 4.36. The Kier molecular flexibility index (Phi) is 3.08. The minimum absolute atomic E-state index is 0.00934. The Morgan fingerprint density at radius 3 is 2.44 bits per heavy atom. The summed E-state index contributed by atoms with van der Waals surface area (Å²) in [6.07, 6.45) is 2.10. The van der Waals surface area contributed by atoms with Crippen LogP contribution < -0.4 is 5.32 Å². The lowest BCUT2D eigenvalue weighted by atomic mass is 9.95. The molecule has 0 atom stereocenters. The topological polar surface area (TPSA) is 49.3 Å². The van der Waals surface area contributed by atoms with Crippen LogP contribution in [0.3, 0.4) is 0 Å². The van der Waals surface area contributed by atoms with Crippen molar-refractivity contribution in [1.29, 1.82) is 0 Å². The van der Waals surface area contributed by atoms with Gasteiger partial charge in [0.05, 0.1) is 13.2 Å². The molecule has 0 heterocycles. The van der Waals surface area contributed by atoms with Crippen molar-refractivity contribution in [2.24, 2.45) is 0 Å². The summed E-state index contributed by atoms with van der Waals surface area (Å²) in [6, 6.07) is 7.63. The van der Waals surface area contributed by atoms with Crippen LogP contribution in [-0.4, -0.2) is 31.1 Å². The minimum Gasteiger partial charge on any atom is -0.395 e. The molecule has 1 fully saturated rings. The molecule has 1 aromatic rings. The molecule has 3 heteroatoms. The smallest absolute Gasteiger partial charge is 0.176 e. The van der Waals surface area contributed by atoms with E-state index in [4.69, 9.17) is 0 Å². The Labute approximate surface area is 95.5 Å². The van der Waals surface area contributed by atoms with Crippen molar-refractivity contribution in [1.82, 2.24) is 5.32 Å². The van der Waals surface area contributed by atoms with Crippen molar-refractivity contribution in [3.8, 4) is 0 Å². The fourth-order valence-electron chi connectivity index (χ4n) is 1.96. The molecule has 1 aliphatic rings. The summed E-state index contributed by atoms with van der Waals surface area (Å²) in [5, 5.41) is 12.1. The van der Waals surface area contributed by atoms with E-state index in [0.29, 0.717) is 6.54 Å². The summed E-state index contributed by atoms with van der Waals surface area (Å²) < 4.78 is 0. The van der Waals surface area contributed by atoms with E-state index in [-0.39, 0.29) is 17.8 Å². The van der Waals surface area contributed by atoms with E-state index in [0.717, 1.165) is 24.0 Å². The molecule has 0 spiro atoms. The number of benzene rings is 1. The van der Waals surface area contributed by atoms with Crippen LogP contribution in [0.4, 0.5) is 0 Å². The number of likely N-dealkylation sites (N-methyl/N-ethyl adjacent to an activating group) is 1. The van der Waals surface area contributed by atoms with Crippen LogP contribution in [0.15, 0.2) is 24.3 Å². The molecule has 3 nitrogen and oxygen atoms in total. The second-order valence-electron chi connectivity index (χ2n) is 4.47. The van der Waals surface area contributed by atoms with Crippen molar-refractivity contribution >= 4 is 5.78 Å². The lowest BCUT2D eigenvalue weighted by molar-refractivity contribution is 0.0993. The van der Waals surface area contributed by atoms with Gasteiger partial charge < -0.3 is 10.4 Å². The SMILES string of the molecule is CNCC(=O)c1ccc(C2(CO)CC2)cc1. The van der Waals surface area contributed by atoms with Gasteiger partial charge in [-0.15, -0.1) is 0 Å². The van der Waals surface area contributed by atoms with Gasteiger partial charge in [0.2, 0.25) is 0 Å². The molecule has 0 unspecified atom stereocenters. The van der Waals surface area contributed by atoms with E-state index >= 15 is 0 Å². The highest BCUT2D eigenvalue weighted by Gasteiger charge is 2.43. The van der Waals surface area contributed by atoms with E-state index < -0.39 is 0 Å². The molecule has 0 saturated heterocycles. The largest absolute Gasteiger partial charge is 0.395 e. The molecule has 1 saturated carbocycles. The molecule has 1 aliphatic carbocycles. The average molecular weight is 219 g/mol. The summed E-state index contributed by atoms with van der Waals surface area (Å²) in [5.74, 6) is 0.0999. The predicted molar refractivity (Wildman–Crippen MR) is 62.7 cm³/mol. The Morgan fingerprint density at radius 1 is 1.38 bits per heavy atom. The molecule has 2 N–H and O–H groups in total. The normalized spacial score (nSPS) is 17.1. The fraction of sp³-hybridized carbons (Fsp3) is 0.462. The average Bonchev–Trinajstić information content (AvgIpc) is 3.10. The van der Waals surface area contributed by atoms with Gasteiger partial charge in [0, 0.05) is 11.0 Å². The standard InChI is InChI=1S/C13H17NO2/c1-14-8-12(16)10-2-4-11(5-3-10)13(9-15)6-7-13/h2-5,14-15H,6-9H2,1H3. The first kappa shape index (κ1) is 11.3. The maximum atomic E-state index is 11.6. The second-order valence-corrected chi connectivity index (χ2v) is 4.47. The first-order valence-electron chi connectivity index (χ1n) is 5.61. The van der Waals surface area contributed by atoms with Gasteiger partial charge in [-0.05, 0) is 25.5 Å². The minimum atomic E-state index is -0.00934. The number of nitrogens with one attached hydrogen (secondary N) is 1. The maximum Gasteiger partial charge on any atom is 0.176 e. The Bertz CT molecular complexity index is 379. The van der Waals surface area contributed by atoms with E-state index in [1.165, 1.54) is 0 Å². The summed E-state index contributed by atoms with van der Waals surface area (Å²) in [5.41, 5.74) is 1.87. The van der Waals surface area contributed by atoms with Crippen LogP contribution in [-0.2, 0) is 5.41 Å². The van der Waals surface area contributed by atoms with Gasteiger partial charge in [-0.25, -0.2) is 0 Å². The first-order valence-corrected chi connectivity index (χ1v) is 5.61. The number of carbonyl (C=O) groups is 1. The molecule has 86 valence electrons. The number of aliphatic hydroxyl groups is 1. The van der Waals surface area contributed by atoms with E-state index in [1.54, 1.807) is 7.05 Å². The molecule has 16 heavy (non-hydrogen) atoms. The molecule has 0 aliphatic heterocycles. The number of hydrogen-bond donors (Lipinski definition) is 2. The van der Waals surface area contributed by atoms with Gasteiger partial charge in [0.15, 0.2) is 5.78 Å². The number of carbonyl (C=O) groups excluding carboxylic acids is 1. The van der Waals surface area contributed by atoms with Gasteiger partial charge in [-0.3, -0.25) is 4.79 Å². The molecule has 2 rings (SSSR count). The highest BCUT2D eigenvalue weighted by molar-refractivity contribution is 5.97. The van der Waals surface area contributed by atoms with Crippen molar-refractivity contribution in [3.63, 3.8) is 0 Å². The summed E-state index contributed by atoms with van der Waals surface area (Å²) in [6.45, 7) is 0.571. The number of ketones is 1. The summed E-state index contributed by atoms with van der Waals surface area (Å²) in [7, 11) is 1.76. The molecule has 0 radical (unpaired) electrons. The molecule has 0 amide bonds. The molecule has 0 aromatic heterocycles. The zero-order chi connectivity index (χ0) is 11.6.